The average molecular weight is 704 g/mol. The van der Waals surface area contributed by atoms with Gasteiger partial charge in [0.2, 0.25) is 0 Å². The van der Waals surface area contributed by atoms with E-state index in [0.717, 1.165) is 0 Å². The summed E-state index contributed by atoms with van der Waals surface area (Å²) in [5.74, 6) is 1.25. The molecule has 2 unspecified atom stereocenters. The number of fused-ring (bicyclic) bond motifs is 5. The molecule has 0 bridgehead atoms. The molecule has 0 amide bonds. The molecule has 2 atom stereocenters. The Bertz CT molecular complexity index is 1260. The Morgan fingerprint density at radius 2 is 1.23 bits per heavy atom. The number of allylic oxidation sites excluding steroid dienone is 4. The predicted octanol–water partition coefficient (Wildman–Crippen LogP) is -0.802. The summed E-state index contributed by atoms with van der Waals surface area (Å²) in [5.41, 5.74) is 8.80. The summed E-state index contributed by atoms with van der Waals surface area (Å²) in [7, 11) is 0. The Kier molecular flexibility index (Phi) is 8.03. The third kappa shape index (κ3) is 3.83. The van der Waals surface area contributed by atoms with Crippen LogP contribution in [0.2, 0.25) is 0 Å². The van der Waals surface area contributed by atoms with Crippen molar-refractivity contribution in [3.8, 4) is 11.1 Å². The fourth-order valence-electron chi connectivity index (χ4n) is 5.67. The molecule has 31 heavy (non-hydrogen) atoms. The third-order valence-corrected chi connectivity index (χ3v) is 6.78. The van der Waals surface area contributed by atoms with Crippen molar-refractivity contribution >= 4 is 11.1 Å². The number of hydrogen-bond acceptors (Lipinski definition) is 0. The van der Waals surface area contributed by atoms with Gasteiger partial charge < -0.3 is 48.0 Å². The fourth-order valence-corrected chi connectivity index (χ4v) is 5.67. The maximum atomic E-state index is 2.44. The molecular formula is C28H22I2Zr. The first-order valence-electron chi connectivity index (χ1n) is 10.2. The molecule has 0 saturated carbocycles. The number of halogens is 2. The van der Waals surface area contributed by atoms with Gasteiger partial charge in [-0.05, 0) is 49.8 Å². The Morgan fingerprint density at radius 3 is 1.87 bits per heavy atom. The predicted molar refractivity (Wildman–Crippen MR) is 117 cm³/mol. The minimum Gasteiger partial charge on any atom is -1.00 e. The van der Waals surface area contributed by atoms with Crippen molar-refractivity contribution in [1.29, 1.82) is 0 Å². The van der Waals surface area contributed by atoms with Crippen molar-refractivity contribution < 1.29 is 74.2 Å². The number of benzene rings is 3. The monoisotopic (exact) mass is 702 g/mol. The molecule has 3 heteroatoms. The van der Waals surface area contributed by atoms with E-state index in [1.54, 1.807) is 5.57 Å². The standard InChI is InChI=1S/C28H22.2HI.Zr/c1-18(27-23-14-6-2-10-19(23)20-11-3-7-15-24(20)27)28-25-16-8-4-12-21(25)22-13-5-9-17-26(22)28;;;/h2-18,23,28H,1H3;2*1H;/q;;;+2/p-2. The van der Waals surface area contributed by atoms with Crippen LogP contribution in [0.3, 0.4) is 0 Å². The third-order valence-electron chi connectivity index (χ3n) is 6.78. The molecule has 0 aromatic heterocycles. The van der Waals surface area contributed by atoms with Gasteiger partial charge in [-0.1, -0.05) is 104 Å². The first kappa shape index (κ1) is 24.9. The normalized spacial score (nSPS) is 18.0. The van der Waals surface area contributed by atoms with Gasteiger partial charge >= 0.3 is 26.2 Å². The Morgan fingerprint density at radius 1 is 0.677 bits per heavy atom. The van der Waals surface area contributed by atoms with Gasteiger partial charge in [-0.3, -0.25) is 0 Å². The average Bonchev–Trinajstić information content (AvgIpc) is 3.27. The van der Waals surface area contributed by atoms with Crippen LogP contribution in [0.25, 0.3) is 22.3 Å². The van der Waals surface area contributed by atoms with Gasteiger partial charge in [0.1, 0.15) is 0 Å². The van der Waals surface area contributed by atoms with E-state index >= 15 is 0 Å². The summed E-state index contributed by atoms with van der Waals surface area (Å²) in [6.07, 6.45) is 9.08. The van der Waals surface area contributed by atoms with E-state index < -0.39 is 0 Å². The van der Waals surface area contributed by atoms with E-state index in [1.165, 1.54) is 38.3 Å². The molecule has 0 radical (unpaired) electrons. The van der Waals surface area contributed by atoms with Gasteiger partial charge in [0.25, 0.3) is 0 Å². The maximum Gasteiger partial charge on any atom is 2.00 e. The van der Waals surface area contributed by atoms with Crippen molar-refractivity contribution in [2.45, 2.75) is 12.8 Å². The van der Waals surface area contributed by atoms with E-state index in [1.807, 2.05) is 0 Å². The summed E-state index contributed by atoms with van der Waals surface area (Å²) in [4.78, 5) is 0. The molecule has 3 aromatic carbocycles. The molecule has 152 valence electrons. The van der Waals surface area contributed by atoms with Crippen LogP contribution in [0.1, 0.15) is 24.0 Å². The summed E-state index contributed by atoms with van der Waals surface area (Å²) in [6, 6.07) is 26.9. The van der Waals surface area contributed by atoms with E-state index in [4.69, 9.17) is 0 Å². The van der Waals surface area contributed by atoms with Crippen LogP contribution in [0.4, 0.5) is 0 Å². The van der Waals surface area contributed by atoms with Crippen LogP contribution in [-0.4, -0.2) is 0 Å². The zero-order chi connectivity index (χ0) is 18.7. The maximum absolute atomic E-state index is 2.44. The summed E-state index contributed by atoms with van der Waals surface area (Å²) < 4.78 is 0. The first-order valence-corrected chi connectivity index (χ1v) is 10.2. The second kappa shape index (κ2) is 10.0. The summed E-state index contributed by atoms with van der Waals surface area (Å²) >= 11 is 0. The summed E-state index contributed by atoms with van der Waals surface area (Å²) in [5, 5.41) is 2.85. The summed E-state index contributed by atoms with van der Waals surface area (Å²) in [6.45, 7) is 2.44. The molecule has 0 nitrogen and oxygen atoms in total. The van der Waals surface area contributed by atoms with Gasteiger partial charge in [0, 0.05) is 11.8 Å². The van der Waals surface area contributed by atoms with Gasteiger partial charge in [-0.25, -0.2) is 0 Å². The van der Waals surface area contributed by atoms with Crippen molar-refractivity contribution in [2.24, 2.45) is 11.8 Å². The van der Waals surface area contributed by atoms with Crippen LogP contribution in [0, 0.1) is 11.8 Å². The molecule has 0 saturated heterocycles. The molecule has 6 rings (SSSR count). The minimum atomic E-state index is 0. The van der Waals surface area contributed by atoms with Gasteiger partial charge in [-0.15, -0.1) is 0 Å². The quantitative estimate of drug-likeness (QED) is 0.307. The molecule has 0 spiro atoms. The zero-order valence-electron chi connectivity index (χ0n) is 17.2. The Balaban J connectivity index is 0.000000907. The fraction of sp³-hybridized carbons (Fsp3) is 0.143. The Hall–Kier alpha value is -0.777. The molecule has 0 N–H and O–H groups in total. The van der Waals surface area contributed by atoms with Crippen molar-refractivity contribution in [3.05, 3.63) is 119 Å². The van der Waals surface area contributed by atoms with E-state index in [2.05, 4.69) is 104 Å². The second-order valence-electron chi connectivity index (χ2n) is 8.12. The molecule has 0 aliphatic heterocycles. The number of hydrogen-bond donors (Lipinski definition) is 0. The van der Waals surface area contributed by atoms with E-state index in [0.29, 0.717) is 17.8 Å². The van der Waals surface area contributed by atoms with Crippen molar-refractivity contribution in [1.82, 2.24) is 0 Å². The van der Waals surface area contributed by atoms with Crippen LogP contribution in [0.15, 0.2) is 97.1 Å². The van der Waals surface area contributed by atoms with E-state index in [-0.39, 0.29) is 74.2 Å². The molecule has 0 fully saturated rings. The van der Waals surface area contributed by atoms with Gasteiger partial charge in [0.15, 0.2) is 0 Å². The zero-order valence-corrected chi connectivity index (χ0v) is 24.0. The Labute approximate surface area is 237 Å². The van der Waals surface area contributed by atoms with Crippen LogP contribution in [0.5, 0.6) is 0 Å². The van der Waals surface area contributed by atoms with Crippen LogP contribution < -0.4 is 58.4 Å². The molecular weight excluding hydrogens is 681 g/mol. The van der Waals surface area contributed by atoms with Crippen LogP contribution >= 0.6 is 0 Å². The minimum absolute atomic E-state index is 0. The van der Waals surface area contributed by atoms with Crippen LogP contribution in [-0.2, 0) is 26.2 Å². The molecule has 3 aromatic rings. The van der Waals surface area contributed by atoms with Crippen molar-refractivity contribution in [3.63, 3.8) is 0 Å². The van der Waals surface area contributed by atoms with E-state index in [9.17, 15) is 0 Å². The number of rotatable bonds is 2. The largest absolute Gasteiger partial charge is 2.00 e. The van der Waals surface area contributed by atoms with Gasteiger partial charge in [-0.2, -0.15) is 0 Å². The van der Waals surface area contributed by atoms with Gasteiger partial charge in [0.05, 0.1) is 0 Å². The topological polar surface area (TPSA) is 0 Å². The SMILES string of the molecule is CC(C1=c2ccccc2=C2C=CC=CC21)C1c2ccccc2-c2ccccc21.[I-].[I-].[Zr+2]. The van der Waals surface area contributed by atoms with Crippen molar-refractivity contribution in [2.75, 3.05) is 0 Å². The second-order valence-corrected chi connectivity index (χ2v) is 8.12. The molecule has 3 aliphatic rings. The smallest absolute Gasteiger partial charge is 1.00 e. The molecule has 3 aliphatic carbocycles. The first-order chi connectivity index (χ1) is 13.8. The molecule has 0 heterocycles.